The first kappa shape index (κ1) is 13.0. The first-order valence-corrected chi connectivity index (χ1v) is 6.36. The summed E-state index contributed by atoms with van der Waals surface area (Å²) in [5, 5.41) is 3.82. The Labute approximate surface area is 120 Å². The zero-order chi connectivity index (χ0) is 14.7. The maximum Gasteiger partial charge on any atom is 0.247 e. The van der Waals surface area contributed by atoms with Crippen LogP contribution in [0.25, 0.3) is 11.2 Å². The number of aryl methyl sites for hydroxylation is 1. The summed E-state index contributed by atoms with van der Waals surface area (Å²) in [5.41, 5.74) is 3.95. The van der Waals surface area contributed by atoms with Gasteiger partial charge in [-0.25, -0.2) is 15.4 Å². The zero-order valence-corrected chi connectivity index (χ0v) is 11.4. The largest absolute Gasteiger partial charge is 0.463 e. The van der Waals surface area contributed by atoms with E-state index >= 15 is 0 Å². The normalized spacial score (nSPS) is 11.3. The van der Waals surface area contributed by atoms with Crippen molar-refractivity contribution in [2.75, 3.05) is 0 Å². The fraction of sp³-hybridized carbons (Fsp3) is 0.143. The van der Waals surface area contributed by atoms with Crippen LogP contribution in [0.2, 0.25) is 0 Å². The molecule has 3 aromatic rings. The van der Waals surface area contributed by atoms with Crippen LogP contribution in [0.4, 0.5) is 0 Å². The molecule has 3 aromatic heterocycles. The molecule has 1 N–H and O–H groups in total. The van der Waals surface area contributed by atoms with E-state index in [1.807, 2.05) is 19.2 Å². The highest BCUT2D eigenvalue weighted by molar-refractivity contribution is 5.82. The quantitative estimate of drug-likeness (QED) is 0.577. The highest BCUT2D eigenvalue weighted by Crippen LogP contribution is 2.11. The van der Waals surface area contributed by atoms with E-state index in [0.29, 0.717) is 11.6 Å². The fourth-order valence-electron chi connectivity index (χ4n) is 1.94. The van der Waals surface area contributed by atoms with Gasteiger partial charge in [0.15, 0.2) is 5.65 Å². The number of pyridine rings is 1. The van der Waals surface area contributed by atoms with Gasteiger partial charge in [-0.05, 0) is 24.3 Å². The van der Waals surface area contributed by atoms with Gasteiger partial charge in [-0.2, -0.15) is 5.10 Å². The SMILES string of the molecule is Cn1c(CC(=O)N/N=C/c2ccco2)nc2cccnc21. The predicted molar refractivity (Wildman–Crippen MR) is 76.7 cm³/mol. The number of nitrogens with one attached hydrogen (secondary N) is 1. The summed E-state index contributed by atoms with van der Waals surface area (Å²) in [4.78, 5) is 20.5. The van der Waals surface area contributed by atoms with Crippen LogP contribution in [0.3, 0.4) is 0 Å². The van der Waals surface area contributed by atoms with Gasteiger partial charge < -0.3 is 8.98 Å². The molecular weight excluding hydrogens is 270 g/mol. The molecule has 0 aromatic carbocycles. The number of amides is 1. The molecule has 0 fully saturated rings. The van der Waals surface area contributed by atoms with Crippen molar-refractivity contribution >= 4 is 23.3 Å². The number of imidazole rings is 1. The second-order valence-electron chi connectivity index (χ2n) is 4.42. The number of nitrogens with zero attached hydrogens (tertiary/aromatic N) is 4. The highest BCUT2D eigenvalue weighted by atomic mass is 16.3. The molecule has 0 unspecified atom stereocenters. The molecule has 106 valence electrons. The predicted octanol–water partition coefficient (Wildman–Crippen LogP) is 1.25. The molecule has 0 saturated carbocycles. The van der Waals surface area contributed by atoms with Crippen molar-refractivity contribution in [1.82, 2.24) is 20.0 Å². The number of carbonyl (C=O) groups excluding carboxylic acids is 1. The summed E-state index contributed by atoms with van der Waals surface area (Å²) >= 11 is 0. The van der Waals surface area contributed by atoms with Crippen LogP contribution in [-0.2, 0) is 18.3 Å². The van der Waals surface area contributed by atoms with Gasteiger partial charge in [0.1, 0.15) is 17.1 Å². The standard InChI is InChI=1S/C14H13N5O2/c1-19-12(17-11-5-2-6-15-14(11)19)8-13(20)18-16-9-10-4-3-7-21-10/h2-7,9H,8H2,1H3,(H,18,20)/b16-9+. The first-order chi connectivity index (χ1) is 10.2. The van der Waals surface area contributed by atoms with E-state index in [1.165, 1.54) is 12.5 Å². The van der Waals surface area contributed by atoms with Gasteiger partial charge >= 0.3 is 0 Å². The molecule has 0 radical (unpaired) electrons. The number of rotatable bonds is 4. The van der Waals surface area contributed by atoms with Gasteiger partial charge in [-0.15, -0.1) is 0 Å². The van der Waals surface area contributed by atoms with Gasteiger partial charge in [0.25, 0.3) is 0 Å². The molecule has 7 nitrogen and oxygen atoms in total. The molecule has 0 spiro atoms. The number of furan rings is 1. The molecule has 0 aliphatic heterocycles. The minimum absolute atomic E-state index is 0.127. The van der Waals surface area contributed by atoms with Crippen LogP contribution in [0.5, 0.6) is 0 Å². The highest BCUT2D eigenvalue weighted by Gasteiger charge is 2.11. The van der Waals surface area contributed by atoms with Crippen LogP contribution in [0.1, 0.15) is 11.6 Å². The molecule has 0 bridgehead atoms. The summed E-state index contributed by atoms with van der Waals surface area (Å²) in [6.45, 7) is 0. The van der Waals surface area contributed by atoms with E-state index in [4.69, 9.17) is 4.42 Å². The van der Waals surface area contributed by atoms with Gasteiger partial charge in [-0.1, -0.05) is 0 Å². The van der Waals surface area contributed by atoms with Crippen LogP contribution in [-0.4, -0.2) is 26.7 Å². The molecule has 7 heteroatoms. The molecule has 0 aliphatic carbocycles. The molecular formula is C14H13N5O2. The molecule has 1 amide bonds. The monoisotopic (exact) mass is 283 g/mol. The van der Waals surface area contributed by atoms with Crippen molar-refractivity contribution in [3.05, 3.63) is 48.3 Å². The van der Waals surface area contributed by atoms with Gasteiger partial charge in [-0.3, -0.25) is 4.79 Å². The second kappa shape index (κ2) is 5.58. The number of hydrogen-bond donors (Lipinski definition) is 1. The lowest BCUT2D eigenvalue weighted by molar-refractivity contribution is -0.120. The Morgan fingerprint density at radius 2 is 2.38 bits per heavy atom. The van der Waals surface area contributed by atoms with E-state index < -0.39 is 0 Å². The summed E-state index contributed by atoms with van der Waals surface area (Å²) in [6.07, 6.45) is 4.80. The van der Waals surface area contributed by atoms with E-state index in [-0.39, 0.29) is 12.3 Å². The van der Waals surface area contributed by atoms with Crippen LogP contribution < -0.4 is 5.43 Å². The molecule has 21 heavy (non-hydrogen) atoms. The fourth-order valence-corrected chi connectivity index (χ4v) is 1.94. The lowest BCUT2D eigenvalue weighted by atomic mass is 10.4. The smallest absolute Gasteiger partial charge is 0.247 e. The third kappa shape index (κ3) is 2.81. The Kier molecular flexibility index (Phi) is 3.46. The minimum atomic E-state index is -0.254. The minimum Gasteiger partial charge on any atom is -0.463 e. The number of fused-ring (bicyclic) bond motifs is 1. The van der Waals surface area contributed by atoms with Crippen LogP contribution in [0.15, 0.2) is 46.2 Å². The van der Waals surface area contributed by atoms with E-state index in [2.05, 4.69) is 20.5 Å². The topological polar surface area (TPSA) is 85.3 Å². The number of hydrazone groups is 1. The molecule has 0 saturated heterocycles. The Morgan fingerprint density at radius 3 is 3.14 bits per heavy atom. The van der Waals surface area contributed by atoms with Gasteiger partial charge in [0, 0.05) is 13.2 Å². The average Bonchev–Trinajstić information content (AvgIpc) is 3.09. The van der Waals surface area contributed by atoms with Crippen molar-refractivity contribution in [1.29, 1.82) is 0 Å². The van der Waals surface area contributed by atoms with Crippen molar-refractivity contribution < 1.29 is 9.21 Å². The van der Waals surface area contributed by atoms with Crippen LogP contribution in [0, 0.1) is 0 Å². The number of aromatic nitrogens is 3. The van der Waals surface area contributed by atoms with Gasteiger partial charge in [0.2, 0.25) is 5.91 Å². The Bertz CT molecular complexity index is 789. The third-order valence-electron chi connectivity index (χ3n) is 2.96. The Balaban J connectivity index is 1.67. The first-order valence-electron chi connectivity index (χ1n) is 6.36. The Hall–Kier alpha value is -2.96. The van der Waals surface area contributed by atoms with E-state index in [9.17, 15) is 4.79 Å². The summed E-state index contributed by atoms with van der Waals surface area (Å²) in [7, 11) is 1.83. The lowest BCUT2D eigenvalue weighted by Crippen LogP contribution is -2.21. The van der Waals surface area contributed by atoms with Crippen molar-refractivity contribution in [3.63, 3.8) is 0 Å². The number of hydrogen-bond acceptors (Lipinski definition) is 5. The zero-order valence-electron chi connectivity index (χ0n) is 11.4. The van der Waals surface area contributed by atoms with Crippen molar-refractivity contribution in [2.45, 2.75) is 6.42 Å². The van der Waals surface area contributed by atoms with Crippen molar-refractivity contribution in [2.24, 2.45) is 12.1 Å². The molecule has 0 atom stereocenters. The molecule has 3 rings (SSSR count). The summed E-state index contributed by atoms with van der Waals surface area (Å²) in [5.74, 6) is 0.952. The third-order valence-corrected chi connectivity index (χ3v) is 2.96. The maximum atomic E-state index is 11.8. The lowest BCUT2D eigenvalue weighted by Gasteiger charge is -2.00. The average molecular weight is 283 g/mol. The van der Waals surface area contributed by atoms with Crippen molar-refractivity contribution in [3.8, 4) is 0 Å². The second-order valence-corrected chi connectivity index (χ2v) is 4.42. The summed E-state index contributed by atoms with van der Waals surface area (Å²) < 4.78 is 6.86. The summed E-state index contributed by atoms with van der Waals surface area (Å²) in [6, 6.07) is 7.16. The van der Waals surface area contributed by atoms with Crippen LogP contribution >= 0.6 is 0 Å². The Morgan fingerprint density at radius 1 is 1.48 bits per heavy atom. The number of carbonyl (C=O) groups is 1. The molecule has 0 aliphatic rings. The van der Waals surface area contributed by atoms with Gasteiger partial charge in [0.05, 0.1) is 18.9 Å². The molecule has 3 heterocycles. The van der Waals surface area contributed by atoms with E-state index in [0.717, 1.165) is 11.2 Å². The van der Waals surface area contributed by atoms with E-state index in [1.54, 1.807) is 22.9 Å². The maximum absolute atomic E-state index is 11.8.